The summed E-state index contributed by atoms with van der Waals surface area (Å²) in [5.41, 5.74) is 10.0. The van der Waals surface area contributed by atoms with Crippen LogP contribution >= 0.6 is 12.2 Å². The van der Waals surface area contributed by atoms with Crippen molar-refractivity contribution in [1.82, 2.24) is 0 Å². The lowest BCUT2D eigenvalue weighted by Crippen LogP contribution is -2.27. The molecule has 0 amide bonds. The number of hydrogen-bond donors (Lipinski definition) is 1. The molecule has 1 aromatic rings. The van der Waals surface area contributed by atoms with Crippen molar-refractivity contribution in [2.75, 3.05) is 0 Å². The maximum Gasteiger partial charge on any atom is 0.0762 e. The van der Waals surface area contributed by atoms with Crippen LogP contribution in [0.5, 0.6) is 0 Å². The molecule has 1 atom stereocenters. The van der Waals surface area contributed by atoms with Gasteiger partial charge in [-0.1, -0.05) is 30.4 Å². The first-order valence-electron chi connectivity index (χ1n) is 5.05. The molecule has 0 radical (unpaired) electrons. The van der Waals surface area contributed by atoms with Gasteiger partial charge in [0, 0.05) is 5.92 Å². The van der Waals surface area contributed by atoms with E-state index in [1.54, 1.807) is 0 Å². The molecule has 0 saturated carbocycles. The number of fused-ring (bicyclic) bond motifs is 1. The molecule has 0 bridgehead atoms. The molecule has 0 spiro atoms. The molecule has 1 unspecified atom stereocenters. The van der Waals surface area contributed by atoms with Gasteiger partial charge in [-0.25, -0.2) is 0 Å². The van der Waals surface area contributed by atoms with Crippen LogP contribution in [0.25, 0.3) is 0 Å². The number of rotatable bonds is 1. The van der Waals surface area contributed by atoms with Crippen LogP contribution in [0.1, 0.15) is 23.1 Å². The van der Waals surface area contributed by atoms with E-state index in [4.69, 9.17) is 18.0 Å². The molecule has 14 heavy (non-hydrogen) atoms. The van der Waals surface area contributed by atoms with Gasteiger partial charge in [-0.3, -0.25) is 0 Å². The Morgan fingerprint density at radius 3 is 3.00 bits per heavy atom. The van der Waals surface area contributed by atoms with Gasteiger partial charge < -0.3 is 5.73 Å². The summed E-state index contributed by atoms with van der Waals surface area (Å²) in [5.74, 6) is 0.415. The lowest BCUT2D eigenvalue weighted by atomic mass is 9.82. The van der Waals surface area contributed by atoms with Crippen LogP contribution in [0.3, 0.4) is 0 Å². The second kappa shape index (κ2) is 3.70. The van der Waals surface area contributed by atoms with E-state index in [0.29, 0.717) is 10.9 Å². The highest BCUT2D eigenvalue weighted by Gasteiger charge is 2.21. The highest BCUT2D eigenvalue weighted by molar-refractivity contribution is 7.80. The normalized spacial score (nSPS) is 20.2. The van der Waals surface area contributed by atoms with Gasteiger partial charge in [0.25, 0.3) is 0 Å². The van der Waals surface area contributed by atoms with Gasteiger partial charge in [0.2, 0.25) is 0 Å². The minimum absolute atomic E-state index is 0.415. The quantitative estimate of drug-likeness (QED) is 0.712. The van der Waals surface area contributed by atoms with Gasteiger partial charge in [0.15, 0.2) is 0 Å². The first-order chi connectivity index (χ1) is 6.68. The van der Waals surface area contributed by atoms with Crippen molar-refractivity contribution in [3.05, 3.63) is 34.9 Å². The number of thiocarbonyl (C=S) groups is 1. The summed E-state index contributed by atoms with van der Waals surface area (Å²) in [7, 11) is 0. The molecule has 0 aromatic heterocycles. The molecule has 0 aliphatic heterocycles. The lowest BCUT2D eigenvalue weighted by Gasteiger charge is -2.25. The van der Waals surface area contributed by atoms with E-state index >= 15 is 0 Å². The van der Waals surface area contributed by atoms with Crippen molar-refractivity contribution in [2.24, 2.45) is 11.7 Å². The third kappa shape index (κ3) is 1.67. The van der Waals surface area contributed by atoms with Gasteiger partial charge in [0.1, 0.15) is 0 Å². The van der Waals surface area contributed by atoms with Crippen molar-refractivity contribution < 1.29 is 0 Å². The predicted molar refractivity (Wildman–Crippen MR) is 63.5 cm³/mol. The Bertz CT molecular complexity index is 371. The fourth-order valence-corrected chi connectivity index (χ4v) is 2.41. The molecule has 1 aliphatic rings. The predicted octanol–water partition coefficient (Wildman–Crippen LogP) is 2.39. The minimum atomic E-state index is 0.415. The van der Waals surface area contributed by atoms with E-state index in [1.165, 1.54) is 16.7 Å². The fraction of sp³-hybridized carbons (Fsp3) is 0.417. The van der Waals surface area contributed by atoms with Crippen LogP contribution in [0, 0.1) is 12.8 Å². The third-order valence-electron chi connectivity index (χ3n) is 3.12. The largest absolute Gasteiger partial charge is 0.393 e. The van der Waals surface area contributed by atoms with Gasteiger partial charge >= 0.3 is 0 Å². The summed E-state index contributed by atoms with van der Waals surface area (Å²) < 4.78 is 0. The summed E-state index contributed by atoms with van der Waals surface area (Å²) in [6.45, 7) is 2.17. The van der Waals surface area contributed by atoms with Gasteiger partial charge in [-0.2, -0.15) is 0 Å². The molecule has 1 nitrogen and oxygen atoms in total. The molecule has 1 aromatic carbocycles. The first kappa shape index (κ1) is 9.66. The van der Waals surface area contributed by atoms with Crippen molar-refractivity contribution in [3.8, 4) is 0 Å². The summed E-state index contributed by atoms with van der Waals surface area (Å²) in [4.78, 5) is 0.680. The first-order valence-corrected chi connectivity index (χ1v) is 5.46. The molecule has 0 heterocycles. The molecule has 2 N–H and O–H groups in total. The average Bonchev–Trinajstić information content (AvgIpc) is 2.18. The van der Waals surface area contributed by atoms with Crippen LogP contribution in [0.4, 0.5) is 0 Å². The van der Waals surface area contributed by atoms with Crippen LogP contribution in [0.2, 0.25) is 0 Å². The topological polar surface area (TPSA) is 26.0 Å². The maximum atomic E-state index is 5.71. The molecule has 74 valence electrons. The van der Waals surface area contributed by atoms with E-state index in [1.807, 2.05) is 0 Å². The minimum Gasteiger partial charge on any atom is -0.393 e. The Morgan fingerprint density at radius 2 is 2.29 bits per heavy atom. The standard InChI is InChI=1S/C12H15NS/c1-8-3-2-4-9-5-6-10(12(13)14)7-11(8)9/h2-4,10H,5-7H2,1H3,(H2,13,14). The molecule has 2 rings (SSSR count). The van der Waals surface area contributed by atoms with Gasteiger partial charge in [-0.05, 0) is 42.9 Å². The van der Waals surface area contributed by atoms with Gasteiger partial charge in [0.05, 0.1) is 4.99 Å². The van der Waals surface area contributed by atoms with Crippen LogP contribution in [-0.2, 0) is 12.8 Å². The Hall–Kier alpha value is -0.890. The van der Waals surface area contributed by atoms with Crippen molar-refractivity contribution >= 4 is 17.2 Å². The highest BCUT2D eigenvalue weighted by Crippen LogP contribution is 2.27. The smallest absolute Gasteiger partial charge is 0.0762 e. The van der Waals surface area contributed by atoms with E-state index in [9.17, 15) is 0 Å². The number of hydrogen-bond acceptors (Lipinski definition) is 1. The lowest BCUT2D eigenvalue weighted by molar-refractivity contribution is 0.584. The van der Waals surface area contributed by atoms with E-state index in [-0.39, 0.29) is 0 Å². The number of aryl methyl sites for hydroxylation is 2. The van der Waals surface area contributed by atoms with Crippen molar-refractivity contribution in [2.45, 2.75) is 26.2 Å². The van der Waals surface area contributed by atoms with Crippen LogP contribution in [0.15, 0.2) is 18.2 Å². The summed E-state index contributed by atoms with van der Waals surface area (Å²) in [6, 6.07) is 6.52. The summed E-state index contributed by atoms with van der Waals surface area (Å²) in [6.07, 6.45) is 3.28. The molecule has 0 fully saturated rings. The van der Waals surface area contributed by atoms with E-state index in [0.717, 1.165) is 19.3 Å². The Kier molecular flexibility index (Phi) is 2.55. The van der Waals surface area contributed by atoms with Crippen LogP contribution < -0.4 is 5.73 Å². The summed E-state index contributed by atoms with van der Waals surface area (Å²) in [5, 5.41) is 0. The summed E-state index contributed by atoms with van der Waals surface area (Å²) >= 11 is 5.07. The third-order valence-corrected chi connectivity index (χ3v) is 3.46. The van der Waals surface area contributed by atoms with Crippen molar-refractivity contribution in [1.29, 1.82) is 0 Å². The van der Waals surface area contributed by atoms with Gasteiger partial charge in [-0.15, -0.1) is 0 Å². The van der Waals surface area contributed by atoms with E-state index in [2.05, 4.69) is 25.1 Å². The zero-order valence-corrected chi connectivity index (χ0v) is 9.23. The Labute approximate surface area is 90.3 Å². The number of benzene rings is 1. The average molecular weight is 205 g/mol. The van der Waals surface area contributed by atoms with Crippen molar-refractivity contribution in [3.63, 3.8) is 0 Å². The highest BCUT2D eigenvalue weighted by atomic mass is 32.1. The molecule has 0 saturated heterocycles. The second-order valence-electron chi connectivity index (χ2n) is 4.05. The molecule has 2 heteroatoms. The zero-order valence-electron chi connectivity index (χ0n) is 8.42. The zero-order chi connectivity index (χ0) is 10.1. The second-order valence-corrected chi connectivity index (χ2v) is 4.53. The molecular formula is C12H15NS. The maximum absolute atomic E-state index is 5.71. The monoisotopic (exact) mass is 205 g/mol. The number of nitrogens with two attached hydrogens (primary N) is 1. The van der Waals surface area contributed by atoms with Crippen LogP contribution in [-0.4, -0.2) is 4.99 Å². The van der Waals surface area contributed by atoms with E-state index < -0.39 is 0 Å². The molecule has 1 aliphatic carbocycles. The SMILES string of the molecule is Cc1cccc2c1CC(C(N)=S)CC2. The fourth-order valence-electron chi connectivity index (χ4n) is 2.21. The Morgan fingerprint density at radius 1 is 1.50 bits per heavy atom. The Balaban J connectivity index is 2.33. The molecular weight excluding hydrogens is 190 g/mol.